The molecule has 1 aromatic rings. The Labute approximate surface area is 109 Å². The largest absolute Gasteiger partial charge is 0.497 e. The van der Waals surface area contributed by atoms with Crippen LogP contribution in [0.15, 0.2) is 24.3 Å². The first kappa shape index (κ1) is 13.4. The molecule has 2 rings (SSSR count). The second kappa shape index (κ2) is 5.72. The number of methoxy groups -OCH3 is 1. The van der Waals surface area contributed by atoms with Crippen molar-refractivity contribution in [3.8, 4) is 5.75 Å². The highest BCUT2D eigenvalue weighted by atomic mass is 16.5. The Bertz CT molecular complexity index is 369. The van der Waals surface area contributed by atoms with Gasteiger partial charge in [-0.05, 0) is 37.0 Å². The second-order valence-corrected chi connectivity index (χ2v) is 5.32. The molecule has 0 amide bonds. The Kier molecular flexibility index (Phi) is 4.25. The molecule has 0 saturated heterocycles. The molecule has 0 aromatic heterocycles. The lowest BCUT2D eigenvalue weighted by molar-refractivity contribution is -0.0192. The van der Waals surface area contributed by atoms with E-state index in [2.05, 4.69) is 0 Å². The molecule has 0 bridgehead atoms. The Morgan fingerprint density at radius 3 is 2.39 bits per heavy atom. The predicted molar refractivity (Wildman–Crippen MR) is 72.7 cm³/mol. The number of hydrogen-bond acceptors (Lipinski definition) is 3. The normalized spacial score (nSPS) is 20.4. The maximum Gasteiger partial charge on any atom is 0.118 e. The SMILES string of the molecule is COc1ccc(CC(N)C2(O)CCCCC2)cc1. The molecule has 1 unspecified atom stereocenters. The van der Waals surface area contributed by atoms with Gasteiger partial charge in [-0.3, -0.25) is 0 Å². The first-order chi connectivity index (χ1) is 8.64. The van der Waals surface area contributed by atoms with Crippen molar-refractivity contribution in [2.75, 3.05) is 7.11 Å². The standard InChI is InChI=1S/C15H23NO2/c1-18-13-7-5-12(6-8-13)11-14(16)15(17)9-3-2-4-10-15/h5-8,14,17H,2-4,9-11,16H2,1H3. The lowest BCUT2D eigenvalue weighted by atomic mass is 9.78. The van der Waals surface area contributed by atoms with Crippen molar-refractivity contribution < 1.29 is 9.84 Å². The van der Waals surface area contributed by atoms with Crippen molar-refractivity contribution in [1.82, 2.24) is 0 Å². The number of ether oxygens (including phenoxy) is 1. The van der Waals surface area contributed by atoms with Crippen molar-refractivity contribution >= 4 is 0 Å². The van der Waals surface area contributed by atoms with E-state index in [1.54, 1.807) is 7.11 Å². The molecule has 1 fully saturated rings. The van der Waals surface area contributed by atoms with Gasteiger partial charge < -0.3 is 15.6 Å². The van der Waals surface area contributed by atoms with Crippen LogP contribution in [-0.2, 0) is 6.42 Å². The van der Waals surface area contributed by atoms with E-state index in [0.29, 0.717) is 0 Å². The van der Waals surface area contributed by atoms with E-state index in [4.69, 9.17) is 10.5 Å². The smallest absolute Gasteiger partial charge is 0.118 e. The predicted octanol–water partition coefficient (Wildman–Crippen LogP) is 2.26. The Hall–Kier alpha value is -1.06. The van der Waals surface area contributed by atoms with E-state index >= 15 is 0 Å². The molecule has 1 aliphatic carbocycles. The molecule has 0 radical (unpaired) electrons. The lowest BCUT2D eigenvalue weighted by Gasteiger charge is -2.37. The lowest BCUT2D eigenvalue weighted by Crippen LogP contribution is -2.50. The third-order valence-corrected chi connectivity index (χ3v) is 4.02. The molecular weight excluding hydrogens is 226 g/mol. The molecule has 1 saturated carbocycles. The van der Waals surface area contributed by atoms with Crippen molar-refractivity contribution in [3.63, 3.8) is 0 Å². The highest BCUT2D eigenvalue weighted by Crippen LogP contribution is 2.31. The highest BCUT2D eigenvalue weighted by Gasteiger charge is 2.35. The Morgan fingerprint density at radius 2 is 1.83 bits per heavy atom. The van der Waals surface area contributed by atoms with Gasteiger partial charge in [0, 0.05) is 6.04 Å². The molecular formula is C15H23NO2. The van der Waals surface area contributed by atoms with Gasteiger partial charge in [0.25, 0.3) is 0 Å². The summed E-state index contributed by atoms with van der Waals surface area (Å²) in [7, 11) is 1.66. The van der Waals surface area contributed by atoms with Crippen LogP contribution in [0.2, 0.25) is 0 Å². The van der Waals surface area contributed by atoms with Gasteiger partial charge in [-0.15, -0.1) is 0 Å². The number of hydrogen-bond donors (Lipinski definition) is 2. The molecule has 100 valence electrons. The summed E-state index contributed by atoms with van der Waals surface area (Å²) in [5.74, 6) is 0.851. The highest BCUT2D eigenvalue weighted by molar-refractivity contribution is 5.28. The van der Waals surface area contributed by atoms with Crippen LogP contribution in [-0.4, -0.2) is 23.9 Å². The summed E-state index contributed by atoms with van der Waals surface area (Å²) in [6.07, 6.45) is 5.80. The Balaban J connectivity index is 1.98. The first-order valence-electron chi connectivity index (χ1n) is 6.75. The van der Waals surface area contributed by atoms with Gasteiger partial charge in [-0.2, -0.15) is 0 Å². The van der Waals surface area contributed by atoms with Crippen molar-refractivity contribution in [1.29, 1.82) is 0 Å². The van der Waals surface area contributed by atoms with Crippen LogP contribution >= 0.6 is 0 Å². The van der Waals surface area contributed by atoms with E-state index in [-0.39, 0.29) is 6.04 Å². The monoisotopic (exact) mass is 249 g/mol. The van der Waals surface area contributed by atoms with Gasteiger partial charge in [0.05, 0.1) is 12.7 Å². The van der Waals surface area contributed by atoms with Crippen LogP contribution in [0.5, 0.6) is 5.75 Å². The maximum atomic E-state index is 10.6. The third kappa shape index (κ3) is 3.03. The zero-order chi connectivity index (χ0) is 13.0. The fourth-order valence-corrected chi connectivity index (χ4v) is 2.74. The van der Waals surface area contributed by atoms with E-state index in [1.807, 2.05) is 24.3 Å². The number of rotatable bonds is 4. The van der Waals surface area contributed by atoms with Crippen LogP contribution < -0.4 is 10.5 Å². The zero-order valence-corrected chi connectivity index (χ0v) is 11.1. The molecule has 0 spiro atoms. The molecule has 0 aliphatic heterocycles. The maximum absolute atomic E-state index is 10.6. The molecule has 0 heterocycles. The van der Waals surface area contributed by atoms with Crippen LogP contribution in [0.4, 0.5) is 0 Å². The van der Waals surface area contributed by atoms with Crippen molar-refractivity contribution in [3.05, 3.63) is 29.8 Å². The molecule has 3 nitrogen and oxygen atoms in total. The summed E-state index contributed by atoms with van der Waals surface area (Å²) >= 11 is 0. The van der Waals surface area contributed by atoms with Gasteiger partial charge in [-0.1, -0.05) is 31.4 Å². The topological polar surface area (TPSA) is 55.5 Å². The minimum Gasteiger partial charge on any atom is -0.497 e. The van der Waals surface area contributed by atoms with Crippen molar-refractivity contribution in [2.24, 2.45) is 5.73 Å². The fourth-order valence-electron chi connectivity index (χ4n) is 2.74. The summed E-state index contributed by atoms with van der Waals surface area (Å²) in [4.78, 5) is 0. The van der Waals surface area contributed by atoms with E-state index in [1.165, 1.54) is 6.42 Å². The van der Waals surface area contributed by atoms with E-state index < -0.39 is 5.60 Å². The average Bonchev–Trinajstić information content (AvgIpc) is 2.40. The van der Waals surface area contributed by atoms with Crippen LogP contribution in [0.25, 0.3) is 0 Å². The quantitative estimate of drug-likeness (QED) is 0.860. The van der Waals surface area contributed by atoms with Gasteiger partial charge in [0.2, 0.25) is 0 Å². The Morgan fingerprint density at radius 1 is 1.22 bits per heavy atom. The van der Waals surface area contributed by atoms with Crippen LogP contribution in [0.3, 0.4) is 0 Å². The summed E-state index contributed by atoms with van der Waals surface area (Å²) < 4.78 is 5.13. The number of aliphatic hydroxyl groups is 1. The molecule has 3 N–H and O–H groups in total. The van der Waals surface area contributed by atoms with Crippen LogP contribution in [0.1, 0.15) is 37.7 Å². The third-order valence-electron chi connectivity index (χ3n) is 4.02. The summed E-state index contributed by atoms with van der Waals surface area (Å²) in [5.41, 5.74) is 6.69. The first-order valence-corrected chi connectivity index (χ1v) is 6.75. The number of nitrogens with two attached hydrogens (primary N) is 1. The minimum absolute atomic E-state index is 0.175. The summed E-state index contributed by atoms with van der Waals surface area (Å²) in [6.45, 7) is 0. The molecule has 3 heteroatoms. The number of benzene rings is 1. The van der Waals surface area contributed by atoms with Gasteiger partial charge in [-0.25, -0.2) is 0 Å². The summed E-state index contributed by atoms with van der Waals surface area (Å²) in [5, 5.41) is 10.6. The van der Waals surface area contributed by atoms with Gasteiger partial charge in [0.1, 0.15) is 5.75 Å². The minimum atomic E-state index is -0.668. The van der Waals surface area contributed by atoms with E-state index in [9.17, 15) is 5.11 Å². The summed E-state index contributed by atoms with van der Waals surface area (Å²) in [6, 6.07) is 7.74. The molecule has 1 aromatic carbocycles. The second-order valence-electron chi connectivity index (χ2n) is 5.32. The van der Waals surface area contributed by atoms with Crippen LogP contribution in [0, 0.1) is 0 Å². The molecule has 1 atom stereocenters. The van der Waals surface area contributed by atoms with Crippen molar-refractivity contribution in [2.45, 2.75) is 50.2 Å². The van der Waals surface area contributed by atoms with Gasteiger partial charge >= 0.3 is 0 Å². The zero-order valence-electron chi connectivity index (χ0n) is 11.1. The fraction of sp³-hybridized carbons (Fsp3) is 0.600. The average molecular weight is 249 g/mol. The molecule has 1 aliphatic rings. The van der Waals surface area contributed by atoms with Gasteiger partial charge in [0.15, 0.2) is 0 Å². The molecule has 18 heavy (non-hydrogen) atoms. The van der Waals surface area contributed by atoms with E-state index in [0.717, 1.165) is 43.4 Å².